The van der Waals surface area contributed by atoms with Crippen molar-refractivity contribution >= 4 is 5.70 Å². The van der Waals surface area contributed by atoms with Crippen molar-refractivity contribution in [1.82, 2.24) is 14.5 Å². The zero-order valence-electron chi connectivity index (χ0n) is 6.38. The molecule has 0 amide bonds. The standard InChI is InChI=1S/C6H7N3O3/c1-3(2)9-5(11)7-4(10)8-6(9)12/h1H2,2H3,(H2,7,8,10,11,12). The molecule has 1 rings (SSSR count). The lowest BCUT2D eigenvalue weighted by Crippen LogP contribution is -2.42. The van der Waals surface area contributed by atoms with Gasteiger partial charge in [0.25, 0.3) is 0 Å². The summed E-state index contributed by atoms with van der Waals surface area (Å²) in [5.74, 6) is 0. The fourth-order valence-electron chi connectivity index (χ4n) is 0.776. The van der Waals surface area contributed by atoms with Gasteiger partial charge in [-0.1, -0.05) is 6.58 Å². The fourth-order valence-corrected chi connectivity index (χ4v) is 0.776. The van der Waals surface area contributed by atoms with Crippen LogP contribution in [0.2, 0.25) is 0 Å². The highest BCUT2D eigenvalue weighted by molar-refractivity contribution is 5.35. The van der Waals surface area contributed by atoms with Crippen LogP contribution >= 0.6 is 0 Å². The zero-order chi connectivity index (χ0) is 9.30. The number of aromatic nitrogens is 3. The van der Waals surface area contributed by atoms with Crippen molar-refractivity contribution in [3.05, 3.63) is 38.0 Å². The van der Waals surface area contributed by atoms with Crippen molar-refractivity contribution in [1.29, 1.82) is 0 Å². The molecule has 6 nitrogen and oxygen atoms in total. The van der Waals surface area contributed by atoms with Gasteiger partial charge in [-0.2, -0.15) is 0 Å². The molecule has 0 fully saturated rings. The second-order valence-corrected chi connectivity index (χ2v) is 2.26. The summed E-state index contributed by atoms with van der Waals surface area (Å²) >= 11 is 0. The Labute approximate surface area is 66.2 Å². The van der Waals surface area contributed by atoms with Crippen molar-refractivity contribution in [3.63, 3.8) is 0 Å². The van der Waals surface area contributed by atoms with Crippen LogP contribution in [0.25, 0.3) is 5.70 Å². The summed E-state index contributed by atoms with van der Waals surface area (Å²) in [6, 6.07) is 0. The van der Waals surface area contributed by atoms with Gasteiger partial charge in [-0.05, 0) is 6.92 Å². The van der Waals surface area contributed by atoms with Crippen LogP contribution < -0.4 is 17.1 Å². The molecule has 0 atom stereocenters. The van der Waals surface area contributed by atoms with Gasteiger partial charge < -0.3 is 0 Å². The number of rotatable bonds is 1. The van der Waals surface area contributed by atoms with Gasteiger partial charge in [0.05, 0.1) is 0 Å². The largest absolute Gasteiger partial charge is 0.338 e. The van der Waals surface area contributed by atoms with E-state index in [0.29, 0.717) is 0 Å². The first-order valence-corrected chi connectivity index (χ1v) is 3.14. The topological polar surface area (TPSA) is 87.7 Å². The Bertz CT molecular complexity index is 442. The molecule has 0 saturated heterocycles. The average Bonchev–Trinajstić information content (AvgIpc) is 1.82. The second kappa shape index (κ2) is 2.65. The number of H-pyrrole nitrogens is 2. The summed E-state index contributed by atoms with van der Waals surface area (Å²) in [7, 11) is 0. The van der Waals surface area contributed by atoms with E-state index in [1.54, 1.807) is 0 Å². The zero-order valence-corrected chi connectivity index (χ0v) is 6.38. The monoisotopic (exact) mass is 169 g/mol. The third-order valence-corrected chi connectivity index (χ3v) is 1.23. The van der Waals surface area contributed by atoms with E-state index in [1.807, 2.05) is 9.97 Å². The molecule has 0 aliphatic carbocycles. The molecule has 2 N–H and O–H groups in total. The molecule has 1 heterocycles. The SMILES string of the molecule is C=C(C)n1c(=O)[nH]c(=O)[nH]c1=O. The molecule has 0 spiro atoms. The van der Waals surface area contributed by atoms with Crippen molar-refractivity contribution in [3.8, 4) is 0 Å². The number of nitrogens with zero attached hydrogens (tertiary/aromatic N) is 1. The van der Waals surface area contributed by atoms with Crippen molar-refractivity contribution in [2.45, 2.75) is 6.92 Å². The first kappa shape index (κ1) is 8.25. The van der Waals surface area contributed by atoms with Gasteiger partial charge >= 0.3 is 17.1 Å². The van der Waals surface area contributed by atoms with Crippen LogP contribution in [0.15, 0.2) is 21.0 Å². The minimum atomic E-state index is -0.817. The fraction of sp³-hybridized carbons (Fsp3) is 0.167. The van der Waals surface area contributed by atoms with E-state index in [1.165, 1.54) is 6.92 Å². The van der Waals surface area contributed by atoms with Crippen molar-refractivity contribution in [2.75, 3.05) is 0 Å². The minimum Gasteiger partial charge on any atom is -0.259 e. The maximum absolute atomic E-state index is 10.9. The van der Waals surface area contributed by atoms with Crippen LogP contribution in [0.5, 0.6) is 0 Å². The molecule has 0 bridgehead atoms. The minimum absolute atomic E-state index is 0.248. The Morgan fingerprint density at radius 3 is 2.00 bits per heavy atom. The summed E-state index contributed by atoms with van der Waals surface area (Å²) < 4.78 is 0.737. The highest BCUT2D eigenvalue weighted by Gasteiger charge is 2.01. The smallest absolute Gasteiger partial charge is 0.259 e. The number of hydrogen-bond acceptors (Lipinski definition) is 3. The Kier molecular flexibility index (Phi) is 1.82. The second-order valence-electron chi connectivity index (χ2n) is 2.26. The van der Waals surface area contributed by atoms with E-state index in [-0.39, 0.29) is 5.70 Å². The third kappa shape index (κ3) is 1.26. The molecule has 0 unspecified atom stereocenters. The molecule has 6 heteroatoms. The Balaban J connectivity index is 3.73. The normalized spacial score (nSPS) is 9.75. The Morgan fingerprint density at radius 2 is 1.67 bits per heavy atom. The highest BCUT2D eigenvalue weighted by atomic mass is 16.2. The van der Waals surface area contributed by atoms with Gasteiger partial charge in [-0.3, -0.25) is 9.97 Å². The van der Waals surface area contributed by atoms with Gasteiger partial charge in [0.2, 0.25) is 0 Å². The van der Waals surface area contributed by atoms with Crippen LogP contribution in [0.1, 0.15) is 6.92 Å². The van der Waals surface area contributed by atoms with Crippen LogP contribution in [0.3, 0.4) is 0 Å². The summed E-state index contributed by atoms with van der Waals surface area (Å²) in [5.41, 5.74) is -2.13. The van der Waals surface area contributed by atoms with Crippen LogP contribution in [-0.2, 0) is 0 Å². The number of aromatic amines is 2. The summed E-state index contributed by atoms with van der Waals surface area (Å²) in [4.78, 5) is 36.2. The summed E-state index contributed by atoms with van der Waals surface area (Å²) in [6.45, 7) is 4.88. The highest BCUT2D eigenvalue weighted by Crippen LogP contribution is 1.84. The maximum Gasteiger partial charge on any atom is 0.338 e. The van der Waals surface area contributed by atoms with Gasteiger partial charge in [-0.15, -0.1) is 0 Å². The average molecular weight is 169 g/mol. The van der Waals surface area contributed by atoms with Crippen molar-refractivity contribution < 1.29 is 0 Å². The molecule has 64 valence electrons. The molecule has 0 radical (unpaired) electrons. The molecular weight excluding hydrogens is 162 g/mol. The first-order chi connectivity index (χ1) is 5.52. The van der Waals surface area contributed by atoms with E-state index < -0.39 is 17.1 Å². The Hall–Kier alpha value is -1.85. The maximum atomic E-state index is 10.9. The summed E-state index contributed by atoms with van der Waals surface area (Å²) in [5, 5.41) is 0. The lowest BCUT2D eigenvalue weighted by Gasteiger charge is -1.98. The molecule has 0 aliphatic rings. The molecule has 1 aromatic heterocycles. The lowest BCUT2D eigenvalue weighted by molar-refractivity contribution is 0.795. The predicted octanol–water partition coefficient (Wildman–Crippen LogP) is -1.28. The van der Waals surface area contributed by atoms with Gasteiger partial charge in [0.15, 0.2) is 0 Å². The van der Waals surface area contributed by atoms with Gasteiger partial charge in [0.1, 0.15) is 0 Å². The van der Waals surface area contributed by atoms with E-state index >= 15 is 0 Å². The van der Waals surface area contributed by atoms with E-state index in [4.69, 9.17) is 0 Å². The number of nitrogens with one attached hydrogen (secondary N) is 2. The molecule has 0 saturated carbocycles. The first-order valence-electron chi connectivity index (χ1n) is 3.14. The number of hydrogen-bond donors (Lipinski definition) is 2. The summed E-state index contributed by atoms with van der Waals surface area (Å²) in [6.07, 6.45) is 0. The molecule has 1 aromatic rings. The van der Waals surface area contributed by atoms with Crippen LogP contribution in [-0.4, -0.2) is 14.5 Å². The van der Waals surface area contributed by atoms with Gasteiger partial charge in [-0.25, -0.2) is 19.0 Å². The van der Waals surface area contributed by atoms with E-state index in [0.717, 1.165) is 4.57 Å². The molecular formula is C6H7N3O3. The molecule has 12 heavy (non-hydrogen) atoms. The van der Waals surface area contributed by atoms with Crippen LogP contribution in [0, 0.1) is 0 Å². The third-order valence-electron chi connectivity index (χ3n) is 1.23. The molecule has 0 aliphatic heterocycles. The van der Waals surface area contributed by atoms with E-state index in [2.05, 4.69) is 6.58 Å². The quantitative estimate of drug-likeness (QED) is 0.548. The van der Waals surface area contributed by atoms with Gasteiger partial charge in [0, 0.05) is 5.70 Å². The van der Waals surface area contributed by atoms with E-state index in [9.17, 15) is 14.4 Å². The van der Waals surface area contributed by atoms with Crippen LogP contribution in [0.4, 0.5) is 0 Å². The predicted molar refractivity (Wildman–Crippen MR) is 42.9 cm³/mol. The Morgan fingerprint density at radius 1 is 1.25 bits per heavy atom. The number of allylic oxidation sites excluding steroid dienone is 1. The lowest BCUT2D eigenvalue weighted by atomic mass is 10.5. The van der Waals surface area contributed by atoms with Crippen molar-refractivity contribution in [2.24, 2.45) is 0 Å². The molecule has 0 aromatic carbocycles.